The average molecular weight is 209 g/mol. The SMILES string of the molecule is CCC(C)(C)c1nc(C)c(CN)c(=O)[nH]1. The van der Waals surface area contributed by atoms with E-state index in [4.69, 9.17) is 5.73 Å². The van der Waals surface area contributed by atoms with E-state index in [1.165, 1.54) is 0 Å². The third kappa shape index (κ3) is 2.26. The summed E-state index contributed by atoms with van der Waals surface area (Å²) < 4.78 is 0. The maximum Gasteiger partial charge on any atom is 0.255 e. The van der Waals surface area contributed by atoms with Crippen LogP contribution in [0, 0.1) is 6.92 Å². The quantitative estimate of drug-likeness (QED) is 0.786. The van der Waals surface area contributed by atoms with Crippen LogP contribution in [-0.2, 0) is 12.0 Å². The molecule has 0 aromatic carbocycles. The van der Waals surface area contributed by atoms with Crippen LogP contribution in [0.15, 0.2) is 4.79 Å². The molecule has 4 nitrogen and oxygen atoms in total. The summed E-state index contributed by atoms with van der Waals surface area (Å²) >= 11 is 0. The molecule has 0 spiro atoms. The van der Waals surface area contributed by atoms with E-state index in [2.05, 4.69) is 30.7 Å². The normalized spacial score (nSPS) is 11.8. The molecule has 0 aliphatic rings. The van der Waals surface area contributed by atoms with Crippen molar-refractivity contribution in [3.05, 3.63) is 27.4 Å². The van der Waals surface area contributed by atoms with Gasteiger partial charge in [-0.15, -0.1) is 0 Å². The molecule has 0 fully saturated rings. The topological polar surface area (TPSA) is 71.8 Å². The molecular weight excluding hydrogens is 190 g/mol. The second kappa shape index (κ2) is 4.14. The molecule has 1 aromatic rings. The van der Waals surface area contributed by atoms with Crippen molar-refractivity contribution in [2.24, 2.45) is 5.73 Å². The molecule has 0 saturated carbocycles. The predicted molar refractivity (Wildman–Crippen MR) is 60.8 cm³/mol. The highest BCUT2D eigenvalue weighted by molar-refractivity contribution is 5.18. The maximum absolute atomic E-state index is 11.7. The van der Waals surface area contributed by atoms with E-state index in [1.807, 2.05) is 6.92 Å². The Labute approximate surface area is 89.9 Å². The van der Waals surface area contributed by atoms with Gasteiger partial charge in [0.15, 0.2) is 0 Å². The third-order valence-electron chi connectivity index (χ3n) is 2.95. The molecule has 1 rings (SSSR count). The molecular formula is C11H19N3O. The van der Waals surface area contributed by atoms with Crippen LogP contribution in [0.4, 0.5) is 0 Å². The van der Waals surface area contributed by atoms with Crippen molar-refractivity contribution in [1.82, 2.24) is 9.97 Å². The Balaban J connectivity index is 3.32. The molecule has 0 aliphatic heterocycles. The molecule has 0 saturated heterocycles. The highest BCUT2D eigenvalue weighted by atomic mass is 16.1. The number of rotatable bonds is 3. The molecule has 4 heteroatoms. The van der Waals surface area contributed by atoms with Gasteiger partial charge in [0.1, 0.15) is 5.82 Å². The second-order valence-electron chi connectivity index (χ2n) is 4.42. The Morgan fingerprint density at radius 2 is 2.07 bits per heavy atom. The van der Waals surface area contributed by atoms with Crippen molar-refractivity contribution in [2.75, 3.05) is 0 Å². The third-order valence-corrected chi connectivity index (χ3v) is 2.95. The summed E-state index contributed by atoms with van der Waals surface area (Å²) in [6, 6.07) is 0. The van der Waals surface area contributed by atoms with Gasteiger partial charge in [-0.05, 0) is 13.3 Å². The number of aromatic amines is 1. The van der Waals surface area contributed by atoms with E-state index in [1.54, 1.807) is 0 Å². The van der Waals surface area contributed by atoms with Crippen molar-refractivity contribution in [1.29, 1.82) is 0 Å². The van der Waals surface area contributed by atoms with Gasteiger partial charge in [-0.1, -0.05) is 20.8 Å². The Morgan fingerprint density at radius 3 is 2.47 bits per heavy atom. The summed E-state index contributed by atoms with van der Waals surface area (Å²) in [5, 5.41) is 0. The van der Waals surface area contributed by atoms with Crippen LogP contribution >= 0.6 is 0 Å². The minimum atomic E-state index is -0.110. The Hall–Kier alpha value is -1.16. The fourth-order valence-corrected chi connectivity index (χ4v) is 1.34. The van der Waals surface area contributed by atoms with Crippen LogP contribution in [-0.4, -0.2) is 9.97 Å². The summed E-state index contributed by atoms with van der Waals surface area (Å²) in [6.07, 6.45) is 0.928. The number of aromatic nitrogens is 2. The number of H-pyrrole nitrogens is 1. The van der Waals surface area contributed by atoms with Gasteiger partial charge in [0, 0.05) is 17.7 Å². The first kappa shape index (κ1) is 11.9. The fourth-order valence-electron chi connectivity index (χ4n) is 1.34. The maximum atomic E-state index is 11.7. The zero-order valence-electron chi connectivity index (χ0n) is 9.85. The van der Waals surface area contributed by atoms with Crippen LogP contribution in [0.1, 0.15) is 44.3 Å². The molecule has 0 radical (unpaired) electrons. The van der Waals surface area contributed by atoms with E-state index in [0.717, 1.165) is 17.9 Å². The van der Waals surface area contributed by atoms with E-state index >= 15 is 0 Å². The first-order valence-corrected chi connectivity index (χ1v) is 5.22. The summed E-state index contributed by atoms with van der Waals surface area (Å²) in [6.45, 7) is 8.26. The standard InChI is InChI=1S/C11H19N3O/c1-5-11(3,4)10-13-7(2)8(6-12)9(15)14-10/h5-6,12H2,1-4H3,(H,13,14,15). The summed E-state index contributed by atoms with van der Waals surface area (Å²) in [5.41, 5.74) is 6.58. The highest BCUT2D eigenvalue weighted by Crippen LogP contribution is 2.22. The number of hydrogen-bond acceptors (Lipinski definition) is 3. The van der Waals surface area contributed by atoms with Crippen molar-refractivity contribution in [2.45, 2.75) is 46.1 Å². The van der Waals surface area contributed by atoms with Gasteiger partial charge in [0.05, 0.1) is 5.56 Å². The lowest BCUT2D eigenvalue weighted by molar-refractivity contribution is 0.468. The molecule has 3 N–H and O–H groups in total. The lowest BCUT2D eigenvalue weighted by Gasteiger charge is -2.22. The van der Waals surface area contributed by atoms with Gasteiger partial charge in [-0.25, -0.2) is 4.98 Å². The van der Waals surface area contributed by atoms with Gasteiger partial charge in [-0.2, -0.15) is 0 Å². The van der Waals surface area contributed by atoms with Gasteiger partial charge < -0.3 is 10.7 Å². The minimum Gasteiger partial charge on any atom is -0.326 e. The predicted octanol–water partition coefficient (Wildman–Crippen LogP) is 1.22. The Bertz CT molecular complexity index is 407. The molecule has 1 heterocycles. The van der Waals surface area contributed by atoms with E-state index in [0.29, 0.717) is 5.56 Å². The average Bonchev–Trinajstić information content (AvgIpc) is 2.17. The van der Waals surface area contributed by atoms with Crippen LogP contribution in [0.25, 0.3) is 0 Å². The van der Waals surface area contributed by atoms with Gasteiger partial charge in [0.25, 0.3) is 5.56 Å². The van der Waals surface area contributed by atoms with Gasteiger partial charge in [0.2, 0.25) is 0 Å². The Kier molecular flexibility index (Phi) is 3.29. The molecule has 1 aromatic heterocycles. The molecule has 0 amide bonds. The van der Waals surface area contributed by atoms with Crippen LogP contribution < -0.4 is 11.3 Å². The molecule has 15 heavy (non-hydrogen) atoms. The molecule has 84 valence electrons. The van der Waals surface area contributed by atoms with E-state index in [-0.39, 0.29) is 17.5 Å². The smallest absolute Gasteiger partial charge is 0.255 e. The summed E-state index contributed by atoms with van der Waals surface area (Å²) in [7, 11) is 0. The first-order valence-electron chi connectivity index (χ1n) is 5.22. The van der Waals surface area contributed by atoms with Crippen molar-refractivity contribution >= 4 is 0 Å². The Morgan fingerprint density at radius 1 is 1.47 bits per heavy atom. The highest BCUT2D eigenvalue weighted by Gasteiger charge is 2.22. The van der Waals surface area contributed by atoms with Gasteiger partial charge >= 0.3 is 0 Å². The summed E-state index contributed by atoms with van der Waals surface area (Å²) in [5.74, 6) is 0.740. The van der Waals surface area contributed by atoms with Crippen molar-refractivity contribution in [3.8, 4) is 0 Å². The zero-order valence-corrected chi connectivity index (χ0v) is 9.85. The lowest BCUT2D eigenvalue weighted by Crippen LogP contribution is -2.28. The van der Waals surface area contributed by atoms with Crippen LogP contribution in [0.5, 0.6) is 0 Å². The van der Waals surface area contributed by atoms with Gasteiger partial charge in [-0.3, -0.25) is 4.79 Å². The largest absolute Gasteiger partial charge is 0.326 e. The number of nitrogens with one attached hydrogen (secondary N) is 1. The number of nitrogens with zero attached hydrogens (tertiary/aromatic N) is 1. The van der Waals surface area contributed by atoms with Crippen molar-refractivity contribution < 1.29 is 0 Å². The zero-order chi connectivity index (χ0) is 11.6. The molecule has 0 unspecified atom stereocenters. The molecule has 0 bridgehead atoms. The first-order chi connectivity index (χ1) is 6.92. The lowest BCUT2D eigenvalue weighted by atomic mass is 9.89. The number of hydrogen-bond donors (Lipinski definition) is 2. The minimum absolute atomic E-state index is 0.100. The summed E-state index contributed by atoms with van der Waals surface area (Å²) in [4.78, 5) is 18.9. The monoisotopic (exact) mass is 209 g/mol. The molecule has 0 atom stereocenters. The molecule has 0 aliphatic carbocycles. The number of aryl methyl sites for hydroxylation is 1. The van der Waals surface area contributed by atoms with Crippen LogP contribution in [0.3, 0.4) is 0 Å². The van der Waals surface area contributed by atoms with Crippen LogP contribution in [0.2, 0.25) is 0 Å². The van der Waals surface area contributed by atoms with E-state index in [9.17, 15) is 4.79 Å². The number of nitrogens with two attached hydrogens (primary N) is 1. The second-order valence-corrected chi connectivity index (χ2v) is 4.42. The van der Waals surface area contributed by atoms with Crippen molar-refractivity contribution in [3.63, 3.8) is 0 Å². The van der Waals surface area contributed by atoms with E-state index < -0.39 is 0 Å². The fraction of sp³-hybridized carbons (Fsp3) is 0.636.